The lowest BCUT2D eigenvalue weighted by Crippen LogP contribution is -2.31. The molecule has 0 bridgehead atoms. The number of alkyl carbamates (subject to hydrolysis) is 1. The van der Waals surface area contributed by atoms with E-state index in [1.807, 2.05) is 46.9 Å². The summed E-state index contributed by atoms with van der Waals surface area (Å²) in [4.78, 5) is 29.0. The van der Waals surface area contributed by atoms with E-state index in [1.54, 1.807) is 10.9 Å². The number of pyridine rings is 1. The van der Waals surface area contributed by atoms with Crippen LogP contribution in [0.4, 0.5) is 4.79 Å². The Bertz CT molecular complexity index is 1000. The number of rotatable bonds is 10. The van der Waals surface area contributed by atoms with Crippen molar-refractivity contribution in [3.63, 3.8) is 0 Å². The van der Waals surface area contributed by atoms with E-state index in [-0.39, 0.29) is 30.6 Å². The maximum atomic E-state index is 12.3. The lowest BCUT2D eigenvalue weighted by atomic mass is 9.87. The van der Waals surface area contributed by atoms with Crippen molar-refractivity contribution in [1.29, 1.82) is 0 Å². The van der Waals surface area contributed by atoms with Gasteiger partial charge in [-0.15, -0.1) is 0 Å². The van der Waals surface area contributed by atoms with Gasteiger partial charge >= 0.3 is 12.1 Å². The summed E-state index contributed by atoms with van der Waals surface area (Å²) in [6.45, 7) is 8.38. The third-order valence-corrected chi connectivity index (χ3v) is 6.11. The van der Waals surface area contributed by atoms with Crippen molar-refractivity contribution >= 4 is 12.1 Å². The molecule has 2 heterocycles. The molecular weight excluding hydrogens is 448 g/mol. The molecule has 1 saturated carbocycles. The summed E-state index contributed by atoms with van der Waals surface area (Å²) in [7, 11) is 1.83. The highest BCUT2D eigenvalue weighted by atomic mass is 16.5. The van der Waals surface area contributed by atoms with Crippen LogP contribution in [0.1, 0.15) is 70.7 Å². The average molecular weight is 487 g/mol. The molecule has 1 N–H and O–H groups in total. The van der Waals surface area contributed by atoms with E-state index in [0.717, 1.165) is 54.7 Å². The summed E-state index contributed by atoms with van der Waals surface area (Å²) in [6, 6.07) is 3.81. The summed E-state index contributed by atoms with van der Waals surface area (Å²) >= 11 is 0. The molecular formula is C26H38N4O5. The number of nitrogens with one attached hydrogen (secondary N) is 1. The Balaban J connectivity index is 1.64. The van der Waals surface area contributed by atoms with E-state index >= 15 is 0 Å². The molecule has 1 aliphatic rings. The normalized spacial score (nSPS) is 17.8. The highest BCUT2D eigenvalue weighted by Gasteiger charge is 2.30. The fourth-order valence-electron chi connectivity index (χ4n) is 4.20. The van der Waals surface area contributed by atoms with Crippen LogP contribution >= 0.6 is 0 Å². The highest BCUT2D eigenvalue weighted by Crippen LogP contribution is 2.31. The van der Waals surface area contributed by atoms with Gasteiger partial charge in [-0.05, 0) is 65.0 Å². The molecule has 1 aliphatic carbocycles. The smallest absolute Gasteiger partial charge is 0.407 e. The number of carbonyl (C=O) groups is 2. The van der Waals surface area contributed by atoms with Crippen LogP contribution in [-0.2, 0) is 27.9 Å². The fraction of sp³-hybridized carbons (Fsp3) is 0.615. The van der Waals surface area contributed by atoms with Crippen LogP contribution in [0.15, 0.2) is 18.3 Å². The second kappa shape index (κ2) is 12.6. The Labute approximate surface area is 207 Å². The van der Waals surface area contributed by atoms with Crippen LogP contribution in [0.2, 0.25) is 0 Å². The minimum absolute atomic E-state index is 0.0447. The molecule has 9 heteroatoms. The van der Waals surface area contributed by atoms with Crippen molar-refractivity contribution in [3.8, 4) is 17.0 Å². The molecule has 0 radical (unpaired) electrons. The minimum Gasteiger partial charge on any atom is -0.489 e. The summed E-state index contributed by atoms with van der Waals surface area (Å²) in [6.07, 6.45) is 6.28. The van der Waals surface area contributed by atoms with Gasteiger partial charge < -0.3 is 19.5 Å². The molecule has 2 atom stereocenters. The number of hydrogen-bond donors (Lipinski definition) is 1. The van der Waals surface area contributed by atoms with Gasteiger partial charge in [-0.25, -0.2) is 9.78 Å². The number of aryl methyl sites for hydroxylation is 2. The van der Waals surface area contributed by atoms with E-state index in [9.17, 15) is 9.59 Å². The van der Waals surface area contributed by atoms with Crippen LogP contribution in [0.5, 0.6) is 5.75 Å². The predicted octanol–water partition coefficient (Wildman–Crippen LogP) is 4.71. The maximum Gasteiger partial charge on any atom is 0.407 e. The Hall–Kier alpha value is -3.10. The van der Waals surface area contributed by atoms with E-state index in [4.69, 9.17) is 19.2 Å². The second-order valence-electron chi connectivity index (χ2n) is 9.34. The number of amides is 1. The zero-order valence-electron chi connectivity index (χ0n) is 21.5. The van der Waals surface area contributed by atoms with Gasteiger partial charge in [-0.1, -0.05) is 13.3 Å². The number of nitrogens with zero attached hydrogens (tertiary/aromatic N) is 3. The van der Waals surface area contributed by atoms with E-state index in [0.29, 0.717) is 18.8 Å². The van der Waals surface area contributed by atoms with Crippen LogP contribution in [0.3, 0.4) is 0 Å². The molecule has 0 aromatic carbocycles. The SMILES string of the molecule is CCCCOC(=O)NCc1c(-c2ccc(O[C@H]3CCC[C@H](C(=O)OC(C)C)C3)c(C)n2)cnn1C. The van der Waals surface area contributed by atoms with Gasteiger partial charge in [0.1, 0.15) is 5.75 Å². The molecule has 2 aromatic heterocycles. The molecule has 35 heavy (non-hydrogen) atoms. The molecule has 9 nitrogen and oxygen atoms in total. The van der Waals surface area contributed by atoms with Crippen LogP contribution in [-0.4, -0.2) is 45.6 Å². The predicted molar refractivity (Wildman–Crippen MR) is 132 cm³/mol. The van der Waals surface area contributed by atoms with E-state index in [1.165, 1.54) is 0 Å². The van der Waals surface area contributed by atoms with Crippen molar-refractivity contribution in [2.45, 2.75) is 85.0 Å². The third kappa shape index (κ3) is 7.44. The standard InChI is InChI=1S/C26H38N4O5/c1-6-7-13-33-26(32)27-16-23-21(15-28-30(23)5)22-11-12-24(18(4)29-22)35-20-10-8-9-19(14-20)25(31)34-17(2)3/h11-12,15,17,19-20H,6-10,13-14,16H2,1-5H3,(H,27,32)/t19-,20-/m0/s1. The van der Waals surface area contributed by atoms with Crippen molar-refractivity contribution in [2.24, 2.45) is 13.0 Å². The molecule has 1 amide bonds. The van der Waals surface area contributed by atoms with E-state index in [2.05, 4.69) is 10.4 Å². The first-order chi connectivity index (χ1) is 16.8. The zero-order chi connectivity index (χ0) is 25.4. The fourth-order valence-corrected chi connectivity index (χ4v) is 4.20. The van der Waals surface area contributed by atoms with Gasteiger partial charge in [0, 0.05) is 12.6 Å². The van der Waals surface area contributed by atoms with Gasteiger partial charge in [0.15, 0.2) is 0 Å². The quantitative estimate of drug-likeness (QED) is 0.383. The number of unbranched alkanes of at least 4 members (excludes halogenated alkanes) is 1. The number of hydrogen-bond acceptors (Lipinski definition) is 7. The molecule has 0 aliphatic heterocycles. The average Bonchev–Trinajstić information content (AvgIpc) is 3.19. The summed E-state index contributed by atoms with van der Waals surface area (Å²) in [5.41, 5.74) is 3.18. The van der Waals surface area contributed by atoms with Gasteiger partial charge in [0.2, 0.25) is 0 Å². The minimum atomic E-state index is -0.443. The molecule has 3 rings (SSSR count). The number of esters is 1. The molecule has 2 aromatic rings. The Morgan fingerprint density at radius 1 is 1.26 bits per heavy atom. The van der Waals surface area contributed by atoms with Crippen LogP contribution in [0.25, 0.3) is 11.3 Å². The van der Waals surface area contributed by atoms with Gasteiger partial charge in [0.25, 0.3) is 0 Å². The van der Waals surface area contributed by atoms with Crippen molar-refractivity contribution in [1.82, 2.24) is 20.1 Å². The van der Waals surface area contributed by atoms with Crippen molar-refractivity contribution in [3.05, 3.63) is 29.7 Å². The molecule has 0 saturated heterocycles. The third-order valence-electron chi connectivity index (χ3n) is 6.11. The van der Waals surface area contributed by atoms with E-state index < -0.39 is 6.09 Å². The van der Waals surface area contributed by atoms with Gasteiger partial charge in [0.05, 0.1) is 54.6 Å². The molecule has 1 fully saturated rings. The Morgan fingerprint density at radius 3 is 2.77 bits per heavy atom. The first-order valence-corrected chi connectivity index (χ1v) is 12.5. The molecule has 0 unspecified atom stereocenters. The molecule has 192 valence electrons. The first-order valence-electron chi connectivity index (χ1n) is 12.5. The van der Waals surface area contributed by atoms with Gasteiger partial charge in [-0.2, -0.15) is 5.10 Å². The molecule has 0 spiro atoms. The summed E-state index contributed by atoms with van der Waals surface area (Å²) < 4.78 is 18.6. The number of aromatic nitrogens is 3. The van der Waals surface area contributed by atoms with Crippen LogP contribution < -0.4 is 10.1 Å². The highest BCUT2D eigenvalue weighted by molar-refractivity contribution is 5.72. The van der Waals surface area contributed by atoms with Gasteiger partial charge in [-0.3, -0.25) is 9.48 Å². The summed E-state index contributed by atoms with van der Waals surface area (Å²) in [5.74, 6) is 0.452. The Morgan fingerprint density at radius 2 is 2.06 bits per heavy atom. The number of carbonyl (C=O) groups excluding carboxylic acids is 2. The maximum absolute atomic E-state index is 12.3. The summed E-state index contributed by atoms with van der Waals surface area (Å²) in [5, 5.41) is 7.13. The lowest BCUT2D eigenvalue weighted by Gasteiger charge is -2.29. The first kappa shape index (κ1) is 26.5. The van der Waals surface area contributed by atoms with Crippen molar-refractivity contribution < 1.29 is 23.8 Å². The topological polar surface area (TPSA) is 105 Å². The lowest BCUT2D eigenvalue weighted by molar-refractivity contribution is -0.154. The monoisotopic (exact) mass is 486 g/mol. The largest absolute Gasteiger partial charge is 0.489 e. The van der Waals surface area contributed by atoms with Crippen molar-refractivity contribution in [2.75, 3.05) is 6.61 Å². The number of ether oxygens (including phenoxy) is 3. The zero-order valence-corrected chi connectivity index (χ0v) is 21.5. The second-order valence-corrected chi connectivity index (χ2v) is 9.34. The van der Waals surface area contributed by atoms with Crippen LogP contribution in [0, 0.1) is 12.8 Å². The Kier molecular flexibility index (Phi) is 9.51.